The van der Waals surface area contributed by atoms with Crippen molar-refractivity contribution in [2.24, 2.45) is 0 Å². The molecule has 3 rings (SSSR count). The van der Waals surface area contributed by atoms with Gasteiger partial charge >= 0.3 is 0 Å². The van der Waals surface area contributed by atoms with Gasteiger partial charge in [-0.2, -0.15) is 0 Å². The van der Waals surface area contributed by atoms with Gasteiger partial charge in [-0.05, 0) is 40.2 Å². The lowest BCUT2D eigenvalue weighted by Crippen LogP contribution is -1.88. The van der Waals surface area contributed by atoms with E-state index in [0.29, 0.717) is 4.67 Å². The summed E-state index contributed by atoms with van der Waals surface area (Å²) in [5, 5.41) is 0. The number of methoxy groups -OCH3 is 1. The van der Waals surface area contributed by atoms with Crippen LogP contribution in [0.5, 0.6) is 5.75 Å². The zero-order valence-corrected chi connectivity index (χ0v) is 10.6. The summed E-state index contributed by atoms with van der Waals surface area (Å²) in [4.78, 5) is 4.49. The van der Waals surface area contributed by atoms with Crippen LogP contribution in [-0.2, 0) is 0 Å². The first-order chi connectivity index (χ1) is 8.28. The lowest BCUT2D eigenvalue weighted by Gasteiger charge is -1.99. The van der Waals surface area contributed by atoms with Crippen molar-refractivity contribution in [1.29, 1.82) is 0 Å². The molecule has 0 amide bonds. The zero-order chi connectivity index (χ0) is 11.8. The highest BCUT2D eigenvalue weighted by atomic mass is 79.9. The summed E-state index contributed by atoms with van der Waals surface area (Å²) in [5.74, 6) is 1.46. The lowest BCUT2D eigenvalue weighted by atomic mass is 10.4. The lowest BCUT2D eigenvalue weighted by molar-refractivity contribution is 0.417. The maximum absolute atomic E-state index is 5.47. The number of hydrogen-bond donors (Lipinski definition) is 0. The Kier molecular flexibility index (Phi) is 2.40. The van der Waals surface area contributed by atoms with Crippen LogP contribution in [0.1, 0.15) is 0 Å². The molecule has 4 nitrogen and oxygen atoms in total. The molecule has 0 saturated heterocycles. The van der Waals surface area contributed by atoms with Crippen molar-refractivity contribution >= 4 is 21.6 Å². The highest BCUT2D eigenvalue weighted by Crippen LogP contribution is 2.27. The maximum Gasteiger partial charge on any atom is 0.180 e. The number of fused-ring (bicyclic) bond motifs is 1. The van der Waals surface area contributed by atoms with Crippen molar-refractivity contribution in [3.05, 3.63) is 41.3 Å². The van der Waals surface area contributed by atoms with E-state index in [2.05, 4.69) is 20.9 Å². The van der Waals surface area contributed by atoms with Crippen LogP contribution in [0.4, 0.5) is 0 Å². The van der Waals surface area contributed by atoms with E-state index >= 15 is 0 Å². The molecule has 0 bridgehead atoms. The van der Waals surface area contributed by atoms with Crippen molar-refractivity contribution < 1.29 is 9.15 Å². The Bertz CT molecular complexity index is 672. The number of aromatic nitrogens is 2. The van der Waals surface area contributed by atoms with Crippen LogP contribution in [0.15, 0.2) is 45.7 Å². The Morgan fingerprint density at radius 2 is 2.24 bits per heavy atom. The van der Waals surface area contributed by atoms with Crippen LogP contribution in [0.3, 0.4) is 0 Å². The molecule has 0 spiro atoms. The molecule has 0 aliphatic heterocycles. The molecule has 0 saturated carbocycles. The highest BCUT2D eigenvalue weighted by Gasteiger charge is 2.10. The minimum atomic E-state index is 0.691. The fourth-order valence-corrected chi connectivity index (χ4v) is 2.02. The number of ether oxygens (including phenoxy) is 1. The van der Waals surface area contributed by atoms with E-state index in [1.165, 1.54) is 0 Å². The van der Waals surface area contributed by atoms with Crippen molar-refractivity contribution in [2.75, 3.05) is 7.11 Å². The fourth-order valence-electron chi connectivity index (χ4n) is 1.72. The van der Waals surface area contributed by atoms with E-state index in [4.69, 9.17) is 9.15 Å². The molecule has 86 valence electrons. The molecule has 0 atom stereocenters. The van der Waals surface area contributed by atoms with Gasteiger partial charge in [0.1, 0.15) is 5.69 Å². The zero-order valence-electron chi connectivity index (χ0n) is 9.05. The van der Waals surface area contributed by atoms with Gasteiger partial charge in [0.15, 0.2) is 21.8 Å². The Labute approximate surface area is 106 Å². The molecule has 0 aliphatic rings. The normalized spacial score (nSPS) is 10.9. The van der Waals surface area contributed by atoms with E-state index in [1.807, 2.05) is 41.1 Å². The van der Waals surface area contributed by atoms with E-state index in [1.54, 1.807) is 7.11 Å². The van der Waals surface area contributed by atoms with E-state index in [-0.39, 0.29) is 0 Å². The summed E-state index contributed by atoms with van der Waals surface area (Å²) in [6.45, 7) is 0. The summed E-state index contributed by atoms with van der Waals surface area (Å²) >= 11 is 3.28. The smallest absolute Gasteiger partial charge is 0.180 e. The van der Waals surface area contributed by atoms with Crippen molar-refractivity contribution in [2.45, 2.75) is 0 Å². The first kappa shape index (κ1) is 10.4. The first-order valence-corrected chi connectivity index (χ1v) is 5.84. The van der Waals surface area contributed by atoms with E-state index in [9.17, 15) is 0 Å². The van der Waals surface area contributed by atoms with Crippen molar-refractivity contribution in [3.8, 4) is 17.2 Å². The maximum atomic E-state index is 5.47. The number of hydrogen-bond acceptors (Lipinski definition) is 3. The number of halogens is 1. The second-order valence-electron chi connectivity index (χ2n) is 3.54. The molecule has 5 heteroatoms. The summed E-state index contributed by atoms with van der Waals surface area (Å²) in [6, 6.07) is 7.51. The molecule has 0 aromatic carbocycles. The van der Waals surface area contributed by atoms with Crippen LogP contribution in [-0.4, -0.2) is 16.5 Å². The number of pyridine rings is 1. The highest BCUT2D eigenvalue weighted by molar-refractivity contribution is 9.10. The van der Waals surface area contributed by atoms with Gasteiger partial charge in [0.05, 0.1) is 7.11 Å². The molecule has 0 unspecified atom stereocenters. The third-order valence-electron chi connectivity index (χ3n) is 2.49. The number of furan rings is 1. The van der Waals surface area contributed by atoms with Gasteiger partial charge in [0.2, 0.25) is 0 Å². The third-order valence-corrected chi connectivity index (χ3v) is 2.92. The number of imidazole rings is 1. The van der Waals surface area contributed by atoms with E-state index < -0.39 is 0 Å². The average molecular weight is 293 g/mol. The van der Waals surface area contributed by atoms with Crippen LogP contribution in [0.2, 0.25) is 0 Å². The summed E-state index contributed by atoms with van der Waals surface area (Å²) in [5.41, 5.74) is 1.55. The van der Waals surface area contributed by atoms with Crippen molar-refractivity contribution in [3.63, 3.8) is 0 Å². The fraction of sp³-hybridized carbons (Fsp3) is 0.0833. The van der Waals surface area contributed by atoms with Gasteiger partial charge in [-0.25, -0.2) is 4.98 Å². The van der Waals surface area contributed by atoms with E-state index in [0.717, 1.165) is 22.9 Å². The molecule has 17 heavy (non-hydrogen) atoms. The molecule has 0 N–H and O–H groups in total. The molecule has 0 fully saturated rings. The van der Waals surface area contributed by atoms with Crippen LogP contribution in [0.25, 0.3) is 17.1 Å². The first-order valence-electron chi connectivity index (χ1n) is 5.05. The largest absolute Gasteiger partial charge is 0.493 e. The quantitative estimate of drug-likeness (QED) is 0.727. The van der Waals surface area contributed by atoms with Gasteiger partial charge in [0.25, 0.3) is 0 Å². The van der Waals surface area contributed by atoms with Crippen LogP contribution in [0, 0.1) is 0 Å². The standard InChI is InChI=1S/C12H9BrN2O2/c1-16-10-3-2-6-15-7-8(14-12(10)15)9-4-5-11(13)17-9/h2-7H,1H3. The molecule has 0 radical (unpaired) electrons. The summed E-state index contributed by atoms with van der Waals surface area (Å²) in [7, 11) is 1.63. The van der Waals surface area contributed by atoms with Gasteiger partial charge in [-0.3, -0.25) is 0 Å². The van der Waals surface area contributed by atoms with Gasteiger partial charge in [-0.1, -0.05) is 0 Å². The minimum Gasteiger partial charge on any atom is -0.493 e. The van der Waals surface area contributed by atoms with Crippen LogP contribution < -0.4 is 4.74 Å². The van der Waals surface area contributed by atoms with Gasteiger partial charge in [0, 0.05) is 12.4 Å². The SMILES string of the molecule is COc1cccn2cc(-c3ccc(Br)o3)nc12. The molecule has 3 heterocycles. The monoisotopic (exact) mass is 292 g/mol. The summed E-state index contributed by atoms with van der Waals surface area (Å²) in [6.07, 6.45) is 3.83. The molecular weight excluding hydrogens is 284 g/mol. The number of nitrogens with zero attached hydrogens (tertiary/aromatic N) is 2. The van der Waals surface area contributed by atoms with Gasteiger partial charge in [-0.15, -0.1) is 0 Å². The number of rotatable bonds is 2. The Balaban J connectivity index is 2.19. The molecule has 3 aromatic rings. The van der Waals surface area contributed by atoms with Gasteiger partial charge < -0.3 is 13.6 Å². The Hall–Kier alpha value is -1.75. The topological polar surface area (TPSA) is 39.7 Å². The molecular formula is C12H9BrN2O2. The second kappa shape index (κ2) is 3.92. The molecule has 0 aliphatic carbocycles. The third kappa shape index (κ3) is 1.72. The molecule has 3 aromatic heterocycles. The predicted octanol–water partition coefficient (Wildman–Crippen LogP) is 3.37. The second-order valence-corrected chi connectivity index (χ2v) is 4.32. The Morgan fingerprint density at radius 3 is 2.94 bits per heavy atom. The Morgan fingerprint density at radius 1 is 1.35 bits per heavy atom. The van der Waals surface area contributed by atoms with Crippen molar-refractivity contribution in [1.82, 2.24) is 9.38 Å². The van der Waals surface area contributed by atoms with Crippen LogP contribution >= 0.6 is 15.9 Å². The minimum absolute atomic E-state index is 0.691. The average Bonchev–Trinajstić information content (AvgIpc) is 2.93. The predicted molar refractivity (Wildman–Crippen MR) is 67.1 cm³/mol. The summed E-state index contributed by atoms with van der Waals surface area (Å²) < 4.78 is 13.3.